The van der Waals surface area contributed by atoms with Gasteiger partial charge in [0.05, 0.1) is 5.52 Å². The molecule has 0 unspecified atom stereocenters. The third-order valence-corrected chi connectivity index (χ3v) is 4.51. The van der Waals surface area contributed by atoms with Gasteiger partial charge in [0.25, 0.3) is 0 Å². The first-order valence-corrected chi connectivity index (χ1v) is 11.3. The maximum Gasteiger partial charge on any atom is 0.227 e. The van der Waals surface area contributed by atoms with E-state index in [0.29, 0.717) is 0 Å². The van der Waals surface area contributed by atoms with E-state index in [1.165, 1.54) is 0 Å². The lowest BCUT2D eigenvalue weighted by atomic mass is 10.1. The Morgan fingerprint density at radius 2 is 1.88 bits per heavy atom. The summed E-state index contributed by atoms with van der Waals surface area (Å²) in [5.74, 6) is 0.0199. The van der Waals surface area contributed by atoms with E-state index in [9.17, 15) is 4.79 Å². The fourth-order valence-electron chi connectivity index (χ4n) is 2.69. The van der Waals surface area contributed by atoms with E-state index in [1.807, 2.05) is 30.5 Å². The fraction of sp³-hybridized carbons (Fsp3) is 0.526. The van der Waals surface area contributed by atoms with E-state index in [0.717, 1.165) is 29.3 Å². The second-order valence-corrected chi connectivity index (χ2v) is 9.50. The summed E-state index contributed by atoms with van der Waals surface area (Å²) < 4.78 is 7.25. The van der Waals surface area contributed by atoms with Crippen molar-refractivity contribution in [2.45, 2.75) is 59.2 Å². The highest BCUT2D eigenvalue weighted by molar-refractivity contribution is 6.48. The monoisotopic (exact) mass is 349 g/mol. The Balaban J connectivity index is 0.000000307. The van der Waals surface area contributed by atoms with Crippen LogP contribution < -0.4 is 0 Å². The van der Waals surface area contributed by atoms with Gasteiger partial charge in [-0.3, -0.25) is 9.36 Å². The zero-order chi connectivity index (χ0) is 18.3. The smallest absolute Gasteiger partial charge is 0.227 e. The molecule has 0 fully saturated rings. The molecule has 1 aromatic carbocycles. The molecule has 0 spiro atoms. The molecule has 0 saturated carbocycles. The van der Waals surface area contributed by atoms with Crippen LogP contribution in [0.15, 0.2) is 30.5 Å². The number of para-hydroxylation sites is 1. The van der Waals surface area contributed by atoms with Gasteiger partial charge in [-0.25, -0.2) is 0 Å². The van der Waals surface area contributed by atoms with E-state index in [4.69, 9.17) is 9.53 Å². The molecule has 5 heteroatoms. The van der Waals surface area contributed by atoms with Crippen molar-refractivity contribution in [3.63, 3.8) is 0 Å². The summed E-state index contributed by atoms with van der Waals surface area (Å²) in [7, 11) is -0.796. The molecule has 0 aliphatic rings. The number of hydrogen-bond acceptors (Lipinski definition) is 3. The van der Waals surface area contributed by atoms with Gasteiger partial charge in [0.1, 0.15) is 0 Å². The first-order valence-electron chi connectivity index (χ1n) is 8.54. The van der Waals surface area contributed by atoms with Gasteiger partial charge in [0.15, 0.2) is 9.04 Å². The second-order valence-electron chi connectivity index (χ2n) is 7.17. The van der Waals surface area contributed by atoms with E-state index in [2.05, 4.69) is 33.9 Å². The predicted octanol–water partition coefficient (Wildman–Crippen LogP) is 4.01. The summed E-state index contributed by atoms with van der Waals surface area (Å²) in [6.07, 6.45) is 3.41. The van der Waals surface area contributed by atoms with Crippen LogP contribution in [-0.4, -0.2) is 36.8 Å². The van der Waals surface area contributed by atoms with Crippen LogP contribution in [0.4, 0.5) is 0 Å². The van der Waals surface area contributed by atoms with Crippen LogP contribution in [0.25, 0.3) is 10.9 Å². The molecule has 1 N–H and O–H groups in total. The summed E-state index contributed by atoms with van der Waals surface area (Å²) in [6, 6.07) is 7.85. The minimum Gasteiger partial charge on any atom is -0.416 e. The Bertz CT molecular complexity index is 656. The minimum atomic E-state index is -0.796. The van der Waals surface area contributed by atoms with Gasteiger partial charge in [0.2, 0.25) is 5.91 Å². The number of aryl methyl sites for hydroxylation is 1. The van der Waals surface area contributed by atoms with E-state index >= 15 is 0 Å². The number of aromatic nitrogens is 1. The standard InChI is InChI=1S/C13H15NO2.C6H16OSi/c1-10(16)14-9-11(5-4-8-15)12-6-2-3-7-13(12)14;1-6(2,3)7-8(4)5/h2-3,6-7,9,15H,4-5,8H2,1H3;8H,1-5H3. The summed E-state index contributed by atoms with van der Waals surface area (Å²) >= 11 is 0. The van der Waals surface area contributed by atoms with Gasteiger partial charge < -0.3 is 9.53 Å². The van der Waals surface area contributed by atoms with Crippen LogP contribution in [0, 0.1) is 0 Å². The highest BCUT2D eigenvalue weighted by Crippen LogP contribution is 2.22. The van der Waals surface area contributed by atoms with Crippen molar-refractivity contribution >= 4 is 25.9 Å². The van der Waals surface area contributed by atoms with Gasteiger partial charge in [-0.1, -0.05) is 18.2 Å². The molecule has 0 saturated heterocycles. The number of carbonyl (C=O) groups excluding carboxylic acids is 1. The first-order chi connectivity index (χ1) is 11.2. The van der Waals surface area contributed by atoms with Crippen LogP contribution in [0.3, 0.4) is 0 Å². The van der Waals surface area contributed by atoms with Crippen molar-refractivity contribution in [3.8, 4) is 0 Å². The zero-order valence-electron chi connectivity index (χ0n) is 15.8. The highest BCUT2D eigenvalue weighted by Gasteiger charge is 2.11. The summed E-state index contributed by atoms with van der Waals surface area (Å²) in [6.45, 7) is 12.4. The van der Waals surface area contributed by atoms with Gasteiger partial charge in [-0.05, 0) is 58.3 Å². The number of hydrogen-bond donors (Lipinski definition) is 1. The van der Waals surface area contributed by atoms with Gasteiger partial charge in [-0.2, -0.15) is 0 Å². The largest absolute Gasteiger partial charge is 0.416 e. The molecule has 1 aromatic heterocycles. The topological polar surface area (TPSA) is 51.5 Å². The lowest BCUT2D eigenvalue weighted by molar-refractivity contribution is 0.0941. The summed E-state index contributed by atoms with van der Waals surface area (Å²) in [4.78, 5) is 11.5. The molecule has 4 nitrogen and oxygen atoms in total. The summed E-state index contributed by atoms with van der Waals surface area (Å²) in [5.41, 5.74) is 2.16. The Hall–Kier alpha value is -1.43. The van der Waals surface area contributed by atoms with Crippen LogP contribution in [0.5, 0.6) is 0 Å². The number of aliphatic hydroxyl groups excluding tert-OH is 1. The molecular formula is C19H31NO3Si. The average molecular weight is 350 g/mol. The average Bonchev–Trinajstić information content (AvgIpc) is 2.82. The number of carbonyl (C=O) groups is 1. The fourth-order valence-corrected chi connectivity index (χ4v) is 4.10. The van der Waals surface area contributed by atoms with Crippen molar-refractivity contribution in [1.29, 1.82) is 0 Å². The van der Waals surface area contributed by atoms with Crippen molar-refractivity contribution in [3.05, 3.63) is 36.0 Å². The van der Waals surface area contributed by atoms with Crippen molar-refractivity contribution in [1.82, 2.24) is 4.57 Å². The van der Waals surface area contributed by atoms with Crippen LogP contribution in [0.1, 0.15) is 44.5 Å². The maximum absolute atomic E-state index is 11.5. The quantitative estimate of drug-likeness (QED) is 0.849. The van der Waals surface area contributed by atoms with Crippen molar-refractivity contribution < 1.29 is 14.3 Å². The molecular weight excluding hydrogens is 318 g/mol. The van der Waals surface area contributed by atoms with Gasteiger partial charge in [0, 0.05) is 30.7 Å². The van der Waals surface area contributed by atoms with Crippen LogP contribution in [-0.2, 0) is 10.8 Å². The number of fused-ring (bicyclic) bond motifs is 1. The minimum absolute atomic E-state index is 0.0199. The van der Waals surface area contributed by atoms with Gasteiger partial charge >= 0.3 is 0 Å². The highest BCUT2D eigenvalue weighted by atomic mass is 28.3. The third kappa shape index (κ3) is 6.59. The molecule has 0 bridgehead atoms. The second kappa shape index (κ2) is 9.16. The number of rotatable bonds is 4. The van der Waals surface area contributed by atoms with Crippen molar-refractivity contribution in [2.75, 3.05) is 6.61 Å². The Morgan fingerprint density at radius 3 is 2.33 bits per heavy atom. The summed E-state index contributed by atoms with van der Waals surface area (Å²) in [5, 5.41) is 9.94. The molecule has 0 amide bonds. The maximum atomic E-state index is 11.5. The molecule has 134 valence electrons. The first kappa shape index (κ1) is 20.6. The third-order valence-electron chi connectivity index (χ3n) is 3.33. The molecule has 2 aromatic rings. The molecule has 1 heterocycles. The predicted molar refractivity (Wildman–Crippen MR) is 103 cm³/mol. The van der Waals surface area contributed by atoms with Gasteiger partial charge in [-0.15, -0.1) is 0 Å². The number of nitrogens with zero attached hydrogens (tertiary/aromatic N) is 1. The SMILES string of the molecule is CC(=O)n1cc(CCCO)c2ccccc21.C[SiH](C)OC(C)(C)C. The van der Waals surface area contributed by atoms with E-state index in [1.54, 1.807) is 11.5 Å². The van der Waals surface area contributed by atoms with Crippen molar-refractivity contribution in [2.24, 2.45) is 0 Å². The van der Waals surface area contributed by atoms with Crippen LogP contribution >= 0.6 is 0 Å². The molecule has 2 rings (SSSR count). The Kier molecular flexibility index (Phi) is 7.86. The molecule has 0 aliphatic heterocycles. The molecule has 0 radical (unpaired) electrons. The number of aliphatic hydroxyl groups is 1. The lowest BCUT2D eigenvalue weighted by Gasteiger charge is -2.22. The zero-order valence-corrected chi connectivity index (χ0v) is 17.0. The number of benzene rings is 1. The van der Waals surface area contributed by atoms with E-state index < -0.39 is 9.04 Å². The van der Waals surface area contributed by atoms with E-state index in [-0.39, 0.29) is 18.1 Å². The molecule has 24 heavy (non-hydrogen) atoms. The molecule has 0 atom stereocenters. The normalized spacial score (nSPS) is 11.5. The molecule has 0 aliphatic carbocycles. The Labute approximate surface area is 147 Å². The lowest BCUT2D eigenvalue weighted by Crippen LogP contribution is -2.25. The van der Waals surface area contributed by atoms with Crippen LogP contribution in [0.2, 0.25) is 13.1 Å². The Morgan fingerprint density at radius 1 is 1.25 bits per heavy atom.